The van der Waals surface area contributed by atoms with Crippen LogP contribution in [-0.2, 0) is 0 Å². The molecule has 0 bridgehead atoms. The highest BCUT2D eigenvalue weighted by atomic mass is 19.1. The van der Waals surface area contributed by atoms with Crippen LogP contribution >= 0.6 is 0 Å². The molecule has 2 fully saturated rings. The molecule has 0 aliphatic heterocycles. The molecule has 2 radical (unpaired) electrons. The number of hydrogen-bond donors (Lipinski definition) is 0. The summed E-state index contributed by atoms with van der Waals surface area (Å²) >= 11 is 0. The summed E-state index contributed by atoms with van der Waals surface area (Å²) < 4.78 is 29.6. The number of hydrogen-bond acceptors (Lipinski definition) is 0. The molecular formula is C26H30F2. The zero-order valence-corrected chi connectivity index (χ0v) is 17.0. The van der Waals surface area contributed by atoms with Gasteiger partial charge in [-0.3, -0.25) is 0 Å². The first-order valence-electron chi connectivity index (χ1n) is 10.7. The van der Waals surface area contributed by atoms with E-state index in [9.17, 15) is 8.78 Å². The summed E-state index contributed by atoms with van der Waals surface area (Å²) in [5, 5.41) is 0. The minimum Gasteiger partial charge on any atom is -0.206 e. The van der Waals surface area contributed by atoms with E-state index in [1.807, 2.05) is 19.1 Å². The number of rotatable bonds is 3. The second-order valence-corrected chi connectivity index (χ2v) is 8.89. The average molecular weight is 381 g/mol. The summed E-state index contributed by atoms with van der Waals surface area (Å²) in [4.78, 5) is 0. The standard InChI is InChI=1S/C26H30F2/c1-17-3-7-19(8-4-17)20-11-13-21(14-12-20)23-15-24(27)26(25(28)16-23)22-9-5-18(2)6-10-22/h5-6,9-10,15-16,19,21H,3-4,7-8,11-14H2,1-2H3. The van der Waals surface area contributed by atoms with E-state index in [1.54, 1.807) is 36.1 Å². The van der Waals surface area contributed by atoms with Gasteiger partial charge in [-0.15, -0.1) is 0 Å². The van der Waals surface area contributed by atoms with E-state index in [-0.39, 0.29) is 11.5 Å². The van der Waals surface area contributed by atoms with E-state index in [1.165, 1.54) is 25.7 Å². The molecule has 2 heteroatoms. The van der Waals surface area contributed by atoms with Crippen LogP contribution in [0.2, 0.25) is 0 Å². The summed E-state index contributed by atoms with van der Waals surface area (Å²) in [5.41, 5.74) is 2.62. The third-order valence-electron chi connectivity index (χ3n) is 6.92. The maximum absolute atomic E-state index is 14.8. The van der Waals surface area contributed by atoms with Gasteiger partial charge in [-0.25, -0.2) is 8.78 Å². The summed E-state index contributed by atoms with van der Waals surface area (Å²) in [6, 6.07) is 10.5. The quantitative estimate of drug-likeness (QED) is 0.507. The van der Waals surface area contributed by atoms with Crippen molar-refractivity contribution in [1.82, 2.24) is 0 Å². The molecule has 0 amide bonds. The van der Waals surface area contributed by atoms with Gasteiger partial charge in [-0.2, -0.15) is 0 Å². The second-order valence-electron chi connectivity index (χ2n) is 8.89. The van der Waals surface area contributed by atoms with Gasteiger partial charge in [0.2, 0.25) is 0 Å². The molecule has 2 aliphatic carbocycles. The van der Waals surface area contributed by atoms with Crippen LogP contribution in [0, 0.1) is 36.3 Å². The van der Waals surface area contributed by atoms with Gasteiger partial charge in [0.1, 0.15) is 11.6 Å². The summed E-state index contributed by atoms with van der Waals surface area (Å²) in [6.45, 7) is 4.25. The smallest absolute Gasteiger partial charge is 0.134 e. The minimum absolute atomic E-state index is 0.0978. The van der Waals surface area contributed by atoms with Crippen molar-refractivity contribution in [2.24, 2.45) is 5.92 Å². The molecule has 0 unspecified atom stereocenters. The fraction of sp³-hybridized carbons (Fsp3) is 0.462. The van der Waals surface area contributed by atoms with Crippen molar-refractivity contribution in [2.75, 3.05) is 0 Å². The molecule has 4 rings (SSSR count). The highest BCUT2D eigenvalue weighted by molar-refractivity contribution is 5.65. The van der Waals surface area contributed by atoms with E-state index >= 15 is 0 Å². The molecule has 0 heterocycles. The lowest BCUT2D eigenvalue weighted by Crippen LogP contribution is -2.23. The lowest BCUT2D eigenvalue weighted by atomic mass is 9.68. The van der Waals surface area contributed by atoms with E-state index < -0.39 is 11.6 Å². The average Bonchev–Trinajstić information content (AvgIpc) is 2.70. The van der Waals surface area contributed by atoms with Gasteiger partial charge in [0, 0.05) is 0 Å². The number of aryl methyl sites for hydroxylation is 1. The second kappa shape index (κ2) is 8.35. The Morgan fingerprint density at radius 3 is 1.82 bits per heavy atom. The predicted molar refractivity (Wildman–Crippen MR) is 112 cm³/mol. The Balaban J connectivity index is 1.45. The largest absolute Gasteiger partial charge is 0.206 e. The van der Waals surface area contributed by atoms with Crippen LogP contribution in [0.1, 0.15) is 75.3 Å². The lowest BCUT2D eigenvalue weighted by molar-refractivity contribution is 0.323. The predicted octanol–water partition coefficient (Wildman–Crippen LogP) is 7.96. The molecule has 2 aromatic carbocycles. The van der Waals surface area contributed by atoms with Crippen molar-refractivity contribution in [3.63, 3.8) is 0 Å². The molecule has 0 saturated heterocycles. The Labute approximate surface area is 168 Å². The molecule has 148 valence electrons. The van der Waals surface area contributed by atoms with Crippen LogP contribution in [0.3, 0.4) is 0 Å². The Hall–Kier alpha value is -1.70. The first-order valence-corrected chi connectivity index (χ1v) is 10.7. The van der Waals surface area contributed by atoms with Crippen molar-refractivity contribution in [2.45, 2.75) is 71.1 Å². The van der Waals surface area contributed by atoms with Gasteiger partial charge >= 0.3 is 0 Å². The van der Waals surface area contributed by atoms with Gasteiger partial charge in [0.25, 0.3) is 0 Å². The molecule has 2 aliphatic rings. The Kier molecular flexibility index (Phi) is 5.85. The first kappa shape index (κ1) is 19.6. The van der Waals surface area contributed by atoms with E-state index in [2.05, 4.69) is 6.92 Å². The highest BCUT2D eigenvalue weighted by Crippen LogP contribution is 2.46. The Morgan fingerprint density at radius 1 is 0.714 bits per heavy atom. The third kappa shape index (κ3) is 4.16. The SMILES string of the molecule is C[C]1CCC([C]2CCC(c3cc(F)c(-c4ccc(C)cc4)c(F)c3)CC2)CC1. The van der Waals surface area contributed by atoms with E-state index in [0.717, 1.165) is 42.7 Å². The highest BCUT2D eigenvalue weighted by Gasteiger charge is 2.31. The van der Waals surface area contributed by atoms with Gasteiger partial charge < -0.3 is 0 Å². The molecule has 2 aromatic rings. The molecule has 0 aromatic heterocycles. The third-order valence-corrected chi connectivity index (χ3v) is 6.92. The van der Waals surface area contributed by atoms with Crippen molar-refractivity contribution in [3.8, 4) is 11.1 Å². The van der Waals surface area contributed by atoms with Crippen molar-refractivity contribution in [3.05, 3.63) is 71.0 Å². The van der Waals surface area contributed by atoms with Gasteiger partial charge in [0.05, 0.1) is 5.56 Å². The van der Waals surface area contributed by atoms with Gasteiger partial charge in [-0.05, 0) is 105 Å². The van der Waals surface area contributed by atoms with Gasteiger partial charge in [-0.1, -0.05) is 36.8 Å². The van der Waals surface area contributed by atoms with E-state index in [4.69, 9.17) is 0 Å². The Bertz CT molecular complexity index is 769. The topological polar surface area (TPSA) is 0 Å². The summed E-state index contributed by atoms with van der Waals surface area (Å²) in [6.07, 6.45) is 9.45. The molecule has 0 spiro atoms. The number of benzene rings is 2. The van der Waals surface area contributed by atoms with Gasteiger partial charge in [0.15, 0.2) is 0 Å². The lowest BCUT2D eigenvalue weighted by Gasteiger charge is -2.37. The fourth-order valence-electron chi connectivity index (χ4n) is 5.07. The van der Waals surface area contributed by atoms with Crippen molar-refractivity contribution in [1.29, 1.82) is 0 Å². The summed E-state index contributed by atoms with van der Waals surface area (Å²) in [7, 11) is 0. The van der Waals surface area contributed by atoms with Crippen molar-refractivity contribution < 1.29 is 8.78 Å². The van der Waals surface area contributed by atoms with Crippen LogP contribution in [0.5, 0.6) is 0 Å². The monoisotopic (exact) mass is 380 g/mol. The molecule has 28 heavy (non-hydrogen) atoms. The van der Waals surface area contributed by atoms with E-state index in [0.29, 0.717) is 5.56 Å². The van der Waals surface area contributed by atoms with Crippen LogP contribution < -0.4 is 0 Å². The maximum atomic E-state index is 14.8. The maximum Gasteiger partial charge on any atom is 0.134 e. The van der Waals surface area contributed by atoms with Crippen LogP contribution in [0.4, 0.5) is 8.78 Å². The normalized spacial score (nSPS) is 20.6. The number of halogens is 2. The van der Waals surface area contributed by atoms with Crippen LogP contribution in [0.15, 0.2) is 36.4 Å². The molecule has 0 nitrogen and oxygen atoms in total. The van der Waals surface area contributed by atoms with Crippen LogP contribution in [-0.4, -0.2) is 0 Å². The zero-order chi connectivity index (χ0) is 19.7. The molecule has 2 saturated carbocycles. The Morgan fingerprint density at radius 2 is 1.25 bits per heavy atom. The van der Waals surface area contributed by atoms with Crippen molar-refractivity contribution >= 4 is 0 Å². The molecular weight excluding hydrogens is 350 g/mol. The fourth-order valence-corrected chi connectivity index (χ4v) is 5.07. The first-order chi connectivity index (χ1) is 13.5. The van der Waals surface area contributed by atoms with Crippen LogP contribution in [0.25, 0.3) is 11.1 Å². The zero-order valence-electron chi connectivity index (χ0n) is 17.0. The minimum atomic E-state index is -0.438. The molecule has 0 N–H and O–H groups in total. The molecule has 0 atom stereocenters. The summed E-state index contributed by atoms with van der Waals surface area (Å²) in [5.74, 6) is 3.53.